The van der Waals surface area contributed by atoms with Crippen LogP contribution in [-0.2, 0) is 6.54 Å². The maximum Gasteiger partial charge on any atom is 0.271 e. The van der Waals surface area contributed by atoms with Crippen molar-refractivity contribution in [2.75, 3.05) is 13.1 Å². The van der Waals surface area contributed by atoms with Crippen LogP contribution in [0.15, 0.2) is 34.1 Å². The number of carbonyl (C=O) groups excluding carboxylic acids is 1. The second kappa shape index (κ2) is 7.35. The van der Waals surface area contributed by atoms with E-state index < -0.39 is 0 Å². The fourth-order valence-corrected chi connectivity index (χ4v) is 3.95. The van der Waals surface area contributed by atoms with Crippen molar-refractivity contribution in [2.45, 2.75) is 25.3 Å². The summed E-state index contributed by atoms with van der Waals surface area (Å²) in [4.78, 5) is 16.7. The maximum atomic E-state index is 12.2. The zero-order valence-corrected chi connectivity index (χ0v) is 14.5. The Hall–Kier alpha value is -1.24. The number of nitrogens with one attached hydrogen (secondary N) is 2. The van der Waals surface area contributed by atoms with Crippen LogP contribution < -0.4 is 10.6 Å². The number of carbonyl (C=O) groups is 1. The second-order valence-electron chi connectivity index (χ2n) is 5.43. The molecule has 0 bridgehead atoms. The van der Waals surface area contributed by atoms with E-state index in [4.69, 9.17) is 0 Å². The van der Waals surface area contributed by atoms with Gasteiger partial charge in [-0.25, -0.2) is 4.98 Å². The average molecular weight is 380 g/mol. The van der Waals surface area contributed by atoms with Gasteiger partial charge in [0.25, 0.3) is 5.91 Å². The minimum absolute atomic E-state index is 0.105. The third-order valence-electron chi connectivity index (χ3n) is 3.74. The fourth-order valence-electron chi connectivity index (χ4n) is 2.56. The van der Waals surface area contributed by atoms with Crippen LogP contribution in [0.5, 0.6) is 0 Å². The predicted octanol–water partition coefficient (Wildman–Crippen LogP) is 3.30. The van der Waals surface area contributed by atoms with Crippen LogP contribution in [0.4, 0.5) is 0 Å². The van der Waals surface area contributed by atoms with Gasteiger partial charge in [0, 0.05) is 28.9 Å². The minimum atomic E-state index is -0.105. The number of piperidine rings is 1. The predicted molar refractivity (Wildman–Crippen MR) is 92.3 cm³/mol. The molecule has 1 saturated heterocycles. The van der Waals surface area contributed by atoms with E-state index in [-0.39, 0.29) is 5.91 Å². The summed E-state index contributed by atoms with van der Waals surface area (Å²) in [6, 6.07) is 7.92. The molecule has 1 amide bonds. The van der Waals surface area contributed by atoms with Crippen molar-refractivity contribution in [1.82, 2.24) is 15.6 Å². The van der Waals surface area contributed by atoms with Crippen molar-refractivity contribution in [1.29, 1.82) is 0 Å². The molecule has 1 fully saturated rings. The standard InChI is InChI=1S/C16H18BrN3OS/c17-13-5-1-3-11(7-13)8-19-15(21)14-10-22-16(20-14)12-4-2-6-18-9-12/h1,3,5,7,10,12,18H,2,4,6,8-9H2,(H,19,21). The molecule has 2 aromatic rings. The smallest absolute Gasteiger partial charge is 0.271 e. The third-order valence-corrected chi connectivity index (χ3v) is 5.24. The highest BCUT2D eigenvalue weighted by Gasteiger charge is 2.20. The Kier molecular flexibility index (Phi) is 5.23. The molecule has 6 heteroatoms. The molecule has 0 radical (unpaired) electrons. The Balaban J connectivity index is 1.59. The van der Waals surface area contributed by atoms with Gasteiger partial charge in [0.2, 0.25) is 0 Å². The van der Waals surface area contributed by atoms with Gasteiger partial charge in [0.15, 0.2) is 0 Å². The van der Waals surface area contributed by atoms with Crippen LogP contribution in [0.2, 0.25) is 0 Å². The van der Waals surface area contributed by atoms with Crippen molar-refractivity contribution in [3.63, 3.8) is 0 Å². The Morgan fingerprint density at radius 1 is 1.50 bits per heavy atom. The van der Waals surface area contributed by atoms with Gasteiger partial charge >= 0.3 is 0 Å². The lowest BCUT2D eigenvalue weighted by Gasteiger charge is -2.20. The topological polar surface area (TPSA) is 54.0 Å². The van der Waals surface area contributed by atoms with E-state index in [9.17, 15) is 4.79 Å². The Morgan fingerprint density at radius 2 is 2.41 bits per heavy atom. The summed E-state index contributed by atoms with van der Waals surface area (Å²) in [5.41, 5.74) is 1.59. The highest BCUT2D eigenvalue weighted by molar-refractivity contribution is 9.10. The molecule has 1 aromatic carbocycles. The molecule has 0 aliphatic carbocycles. The Morgan fingerprint density at radius 3 is 3.18 bits per heavy atom. The summed E-state index contributed by atoms with van der Waals surface area (Å²) in [6.45, 7) is 2.56. The lowest BCUT2D eigenvalue weighted by molar-refractivity contribution is 0.0946. The molecule has 2 N–H and O–H groups in total. The number of halogens is 1. The highest BCUT2D eigenvalue weighted by Crippen LogP contribution is 2.26. The number of aromatic nitrogens is 1. The van der Waals surface area contributed by atoms with Crippen molar-refractivity contribution < 1.29 is 4.79 Å². The first kappa shape index (κ1) is 15.6. The van der Waals surface area contributed by atoms with Crippen molar-refractivity contribution in [3.05, 3.63) is 50.4 Å². The minimum Gasteiger partial charge on any atom is -0.347 e. The molecule has 1 aliphatic rings. The van der Waals surface area contributed by atoms with E-state index in [0.29, 0.717) is 18.2 Å². The van der Waals surface area contributed by atoms with Gasteiger partial charge in [0.05, 0.1) is 5.01 Å². The molecule has 1 aliphatic heterocycles. The normalized spacial score (nSPS) is 18.1. The molecule has 2 heterocycles. The summed E-state index contributed by atoms with van der Waals surface area (Å²) in [6.07, 6.45) is 2.33. The summed E-state index contributed by atoms with van der Waals surface area (Å²) >= 11 is 5.02. The molecule has 4 nitrogen and oxygen atoms in total. The first-order valence-corrected chi connectivity index (χ1v) is 9.08. The van der Waals surface area contributed by atoms with E-state index in [1.807, 2.05) is 29.6 Å². The van der Waals surface area contributed by atoms with Gasteiger partial charge in [-0.2, -0.15) is 0 Å². The van der Waals surface area contributed by atoms with Gasteiger partial charge in [-0.3, -0.25) is 4.79 Å². The van der Waals surface area contributed by atoms with Crippen LogP contribution in [0.3, 0.4) is 0 Å². The molecular weight excluding hydrogens is 362 g/mol. The first-order valence-electron chi connectivity index (χ1n) is 7.41. The number of thiazole rings is 1. The molecule has 1 aromatic heterocycles. The molecule has 1 unspecified atom stereocenters. The van der Waals surface area contributed by atoms with Crippen LogP contribution in [0, 0.1) is 0 Å². The van der Waals surface area contributed by atoms with E-state index >= 15 is 0 Å². The quantitative estimate of drug-likeness (QED) is 0.856. The SMILES string of the molecule is O=C(NCc1cccc(Br)c1)c1csc(C2CCCNC2)n1. The van der Waals surface area contributed by atoms with Gasteiger partial charge in [-0.1, -0.05) is 28.1 Å². The molecule has 1 atom stereocenters. The van der Waals surface area contributed by atoms with E-state index in [1.54, 1.807) is 11.3 Å². The summed E-state index contributed by atoms with van der Waals surface area (Å²) in [7, 11) is 0. The van der Waals surface area contributed by atoms with Crippen LogP contribution >= 0.6 is 27.3 Å². The largest absolute Gasteiger partial charge is 0.347 e. The summed E-state index contributed by atoms with van der Waals surface area (Å²) < 4.78 is 1.01. The zero-order valence-electron chi connectivity index (χ0n) is 12.1. The van der Waals surface area contributed by atoms with E-state index in [2.05, 4.69) is 31.5 Å². The lowest BCUT2D eigenvalue weighted by atomic mass is 10.0. The summed E-state index contributed by atoms with van der Waals surface area (Å²) in [5.74, 6) is 0.344. The monoisotopic (exact) mass is 379 g/mol. The lowest BCUT2D eigenvalue weighted by Crippen LogP contribution is -2.28. The van der Waals surface area contributed by atoms with Gasteiger partial charge in [-0.05, 0) is 37.1 Å². The number of hydrogen-bond acceptors (Lipinski definition) is 4. The maximum absolute atomic E-state index is 12.2. The number of nitrogens with zero attached hydrogens (tertiary/aromatic N) is 1. The van der Waals surface area contributed by atoms with Crippen molar-refractivity contribution in [2.24, 2.45) is 0 Å². The number of benzene rings is 1. The molecular formula is C16H18BrN3OS. The number of hydrogen-bond donors (Lipinski definition) is 2. The van der Waals surface area contributed by atoms with Crippen molar-refractivity contribution in [3.8, 4) is 0 Å². The van der Waals surface area contributed by atoms with E-state index in [0.717, 1.165) is 34.6 Å². The number of rotatable bonds is 4. The van der Waals surface area contributed by atoms with Gasteiger partial charge in [-0.15, -0.1) is 11.3 Å². The highest BCUT2D eigenvalue weighted by atomic mass is 79.9. The average Bonchev–Trinajstić information content (AvgIpc) is 3.04. The Bertz CT molecular complexity index is 652. The zero-order chi connectivity index (χ0) is 15.4. The summed E-state index contributed by atoms with van der Waals surface area (Å²) in [5, 5.41) is 9.24. The third kappa shape index (κ3) is 3.94. The molecule has 0 saturated carbocycles. The second-order valence-corrected chi connectivity index (χ2v) is 7.23. The number of amides is 1. The fraction of sp³-hybridized carbons (Fsp3) is 0.375. The Labute approximate surface area is 142 Å². The molecule has 0 spiro atoms. The molecule has 116 valence electrons. The van der Waals surface area contributed by atoms with Crippen LogP contribution in [0.25, 0.3) is 0 Å². The molecule has 3 rings (SSSR count). The van der Waals surface area contributed by atoms with E-state index in [1.165, 1.54) is 6.42 Å². The van der Waals surface area contributed by atoms with Gasteiger partial charge < -0.3 is 10.6 Å². The van der Waals surface area contributed by atoms with Crippen LogP contribution in [0.1, 0.15) is 39.8 Å². The van der Waals surface area contributed by atoms with Crippen LogP contribution in [-0.4, -0.2) is 24.0 Å². The van der Waals surface area contributed by atoms with Crippen molar-refractivity contribution >= 4 is 33.2 Å². The molecule has 22 heavy (non-hydrogen) atoms. The first-order chi connectivity index (χ1) is 10.7. The van der Waals surface area contributed by atoms with Gasteiger partial charge in [0.1, 0.15) is 5.69 Å².